The average Bonchev–Trinajstić information content (AvgIpc) is 2.54. The molecular weight excluding hydrogens is 306 g/mol. The lowest BCUT2D eigenvalue weighted by atomic mass is 10.1. The van der Waals surface area contributed by atoms with E-state index >= 15 is 0 Å². The fourth-order valence-electron chi connectivity index (χ4n) is 2.46. The van der Waals surface area contributed by atoms with Crippen LogP contribution in [0.5, 0.6) is 0 Å². The van der Waals surface area contributed by atoms with Crippen LogP contribution in [0.25, 0.3) is 0 Å². The molecule has 0 aromatic heterocycles. The summed E-state index contributed by atoms with van der Waals surface area (Å²) in [6, 6.07) is 4.78. The molecule has 0 aliphatic rings. The maximum atomic E-state index is 12.2. The molecule has 0 heterocycles. The van der Waals surface area contributed by atoms with Gasteiger partial charge in [-0.15, -0.1) is 0 Å². The maximum Gasteiger partial charge on any atom is 0.321 e. The average molecular weight is 335 g/mol. The van der Waals surface area contributed by atoms with Crippen LogP contribution < -0.4 is 10.6 Å². The Bertz CT molecular complexity index is 556. The predicted molar refractivity (Wildman–Crippen MR) is 96.4 cm³/mol. The summed E-state index contributed by atoms with van der Waals surface area (Å²) in [7, 11) is 0. The molecule has 0 spiro atoms. The second-order valence-electron chi connectivity index (χ2n) is 5.87. The van der Waals surface area contributed by atoms with Crippen molar-refractivity contribution in [3.05, 3.63) is 29.3 Å². The number of amides is 1. The molecule has 6 nitrogen and oxygen atoms in total. The van der Waals surface area contributed by atoms with Crippen molar-refractivity contribution < 1.29 is 14.7 Å². The van der Waals surface area contributed by atoms with Crippen LogP contribution in [0.3, 0.4) is 0 Å². The lowest BCUT2D eigenvalue weighted by Gasteiger charge is -2.20. The van der Waals surface area contributed by atoms with E-state index in [1.807, 2.05) is 32.0 Å². The first kappa shape index (κ1) is 20.1. The Morgan fingerprint density at radius 1 is 1.21 bits per heavy atom. The number of aliphatic carboxylic acids is 1. The van der Waals surface area contributed by atoms with Crippen molar-refractivity contribution in [1.29, 1.82) is 0 Å². The summed E-state index contributed by atoms with van der Waals surface area (Å²) in [6.07, 6.45) is -0.0963. The SMILES string of the molecule is CCN(CC)CCNC(CC(=O)Nc1cccc(C)c1C)C(=O)O. The molecule has 0 saturated carbocycles. The first-order valence-corrected chi connectivity index (χ1v) is 8.43. The highest BCUT2D eigenvalue weighted by Crippen LogP contribution is 2.18. The van der Waals surface area contributed by atoms with Gasteiger partial charge in [0.25, 0.3) is 0 Å². The van der Waals surface area contributed by atoms with Gasteiger partial charge in [0.1, 0.15) is 6.04 Å². The molecule has 3 N–H and O–H groups in total. The Morgan fingerprint density at radius 2 is 1.88 bits per heavy atom. The number of benzene rings is 1. The molecule has 0 aliphatic heterocycles. The standard InChI is InChI=1S/C18H29N3O3/c1-5-21(6-2)11-10-19-16(18(23)24)12-17(22)20-15-9-7-8-13(3)14(15)4/h7-9,16,19H,5-6,10-12H2,1-4H3,(H,20,22)(H,23,24). The zero-order valence-corrected chi connectivity index (χ0v) is 15.1. The van der Waals surface area contributed by atoms with E-state index in [1.54, 1.807) is 0 Å². The van der Waals surface area contributed by atoms with Crippen molar-refractivity contribution in [2.75, 3.05) is 31.5 Å². The molecule has 0 bridgehead atoms. The number of rotatable bonds is 10. The fraction of sp³-hybridized carbons (Fsp3) is 0.556. The third-order valence-electron chi connectivity index (χ3n) is 4.28. The summed E-state index contributed by atoms with van der Waals surface area (Å²) in [5.74, 6) is -1.31. The lowest BCUT2D eigenvalue weighted by molar-refractivity contribution is -0.141. The highest BCUT2D eigenvalue weighted by molar-refractivity contribution is 5.94. The first-order valence-electron chi connectivity index (χ1n) is 8.43. The number of anilines is 1. The normalized spacial score (nSPS) is 12.2. The number of carboxylic acid groups (broad SMARTS) is 1. The summed E-state index contributed by atoms with van der Waals surface area (Å²) in [6.45, 7) is 11.2. The monoisotopic (exact) mass is 335 g/mol. The number of nitrogens with zero attached hydrogens (tertiary/aromatic N) is 1. The number of carbonyl (C=O) groups excluding carboxylic acids is 1. The number of carbonyl (C=O) groups is 2. The van der Waals surface area contributed by atoms with E-state index in [0.29, 0.717) is 6.54 Å². The number of aryl methyl sites for hydroxylation is 1. The minimum absolute atomic E-state index is 0.0963. The van der Waals surface area contributed by atoms with Crippen LogP contribution in [0.1, 0.15) is 31.4 Å². The van der Waals surface area contributed by atoms with Gasteiger partial charge in [0.05, 0.1) is 6.42 Å². The molecule has 1 unspecified atom stereocenters. The molecule has 1 atom stereocenters. The van der Waals surface area contributed by atoms with Crippen LogP contribution in [-0.2, 0) is 9.59 Å². The van der Waals surface area contributed by atoms with Crippen molar-refractivity contribution in [1.82, 2.24) is 10.2 Å². The molecular formula is C18H29N3O3. The number of likely N-dealkylation sites (N-methyl/N-ethyl adjacent to an activating group) is 1. The first-order chi connectivity index (χ1) is 11.4. The summed E-state index contributed by atoms with van der Waals surface area (Å²) < 4.78 is 0. The highest BCUT2D eigenvalue weighted by atomic mass is 16.4. The molecule has 0 radical (unpaired) electrons. The molecule has 24 heavy (non-hydrogen) atoms. The van der Waals surface area contributed by atoms with E-state index in [0.717, 1.165) is 36.4 Å². The van der Waals surface area contributed by atoms with Crippen LogP contribution >= 0.6 is 0 Å². The van der Waals surface area contributed by atoms with Gasteiger partial charge >= 0.3 is 5.97 Å². The molecule has 134 valence electrons. The van der Waals surface area contributed by atoms with Crippen LogP contribution in [-0.4, -0.2) is 54.1 Å². The number of carboxylic acids is 1. The fourth-order valence-corrected chi connectivity index (χ4v) is 2.46. The predicted octanol–water partition coefficient (Wildman–Crippen LogP) is 2.02. The van der Waals surface area contributed by atoms with Gasteiger partial charge in [-0.05, 0) is 44.1 Å². The van der Waals surface area contributed by atoms with Crippen molar-refractivity contribution in [2.45, 2.75) is 40.2 Å². The summed E-state index contributed by atoms with van der Waals surface area (Å²) in [4.78, 5) is 25.7. The lowest BCUT2D eigenvalue weighted by Crippen LogP contribution is -2.43. The molecule has 0 saturated heterocycles. The van der Waals surface area contributed by atoms with Crippen molar-refractivity contribution in [2.24, 2.45) is 0 Å². The summed E-state index contributed by atoms with van der Waals surface area (Å²) in [5.41, 5.74) is 2.81. The molecule has 0 fully saturated rings. The Morgan fingerprint density at radius 3 is 2.46 bits per heavy atom. The van der Waals surface area contributed by atoms with Crippen LogP contribution in [0.4, 0.5) is 5.69 Å². The Kier molecular flexibility index (Phi) is 8.43. The van der Waals surface area contributed by atoms with Gasteiger partial charge in [0, 0.05) is 18.8 Å². The van der Waals surface area contributed by atoms with E-state index in [2.05, 4.69) is 29.4 Å². The second-order valence-corrected chi connectivity index (χ2v) is 5.87. The topological polar surface area (TPSA) is 81.7 Å². The minimum Gasteiger partial charge on any atom is -0.480 e. The molecule has 1 aromatic carbocycles. The van der Waals surface area contributed by atoms with E-state index < -0.39 is 12.0 Å². The van der Waals surface area contributed by atoms with Crippen LogP contribution in [0, 0.1) is 13.8 Å². The Labute approximate surface area is 144 Å². The second kappa shape index (κ2) is 10.1. The Hall–Kier alpha value is -1.92. The highest BCUT2D eigenvalue weighted by Gasteiger charge is 2.21. The number of hydrogen-bond donors (Lipinski definition) is 3. The van der Waals surface area contributed by atoms with Gasteiger partial charge in [0.2, 0.25) is 5.91 Å². The maximum absolute atomic E-state index is 12.2. The third-order valence-corrected chi connectivity index (χ3v) is 4.28. The molecule has 1 amide bonds. The summed E-state index contributed by atoms with van der Waals surface area (Å²) in [5, 5.41) is 15.1. The van der Waals surface area contributed by atoms with E-state index in [-0.39, 0.29) is 12.3 Å². The van der Waals surface area contributed by atoms with E-state index in [4.69, 9.17) is 0 Å². The zero-order chi connectivity index (χ0) is 18.1. The van der Waals surface area contributed by atoms with Crippen molar-refractivity contribution in [3.63, 3.8) is 0 Å². The van der Waals surface area contributed by atoms with Gasteiger partial charge in [-0.3, -0.25) is 9.59 Å². The quantitative estimate of drug-likeness (QED) is 0.609. The Balaban J connectivity index is 2.56. The van der Waals surface area contributed by atoms with Gasteiger partial charge in [0.15, 0.2) is 0 Å². The van der Waals surface area contributed by atoms with E-state index in [1.165, 1.54) is 0 Å². The van der Waals surface area contributed by atoms with Gasteiger partial charge in [-0.2, -0.15) is 0 Å². The summed E-state index contributed by atoms with van der Waals surface area (Å²) >= 11 is 0. The number of hydrogen-bond acceptors (Lipinski definition) is 4. The minimum atomic E-state index is -1.01. The number of nitrogens with one attached hydrogen (secondary N) is 2. The third kappa shape index (κ3) is 6.29. The largest absolute Gasteiger partial charge is 0.480 e. The van der Waals surface area contributed by atoms with Gasteiger partial charge in [-0.1, -0.05) is 26.0 Å². The van der Waals surface area contributed by atoms with Crippen LogP contribution in [0.15, 0.2) is 18.2 Å². The smallest absolute Gasteiger partial charge is 0.321 e. The molecule has 1 rings (SSSR count). The van der Waals surface area contributed by atoms with Crippen LogP contribution in [0.2, 0.25) is 0 Å². The van der Waals surface area contributed by atoms with Crippen molar-refractivity contribution in [3.8, 4) is 0 Å². The van der Waals surface area contributed by atoms with Crippen molar-refractivity contribution >= 4 is 17.6 Å². The molecule has 0 aliphatic carbocycles. The molecule has 6 heteroatoms. The zero-order valence-electron chi connectivity index (χ0n) is 15.1. The van der Waals surface area contributed by atoms with Gasteiger partial charge in [-0.25, -0.2) is 0 Å². The molecule has 1 aromatic rings. The van der Waals surface area contributed by atoms with Gasteiger partial charge < -0.3 is 20.6 Å². The van der Waals surface area contributed by atoms with E-state index in [9.17, 15) is 14.7 Å².